The highest BCUT2D eigenvalue weighted by Gasteiger charge is 2.25. The highest BCUT2D eigenvalue weighted by Crippen LogP contribution is 2.25. The van der Waals surface area contributed by atoms with E-state index in [0.29, 0.717) is 0 Å². The summed E-state index contributed by atoms with van der Waals surface area (Å²) in [4.78, 5) is 0. The van der Waals surface area contributed by atoms with E-state index in [9.17, 15) is 17.2 Å². The van der Waals surface area contributed by atoms with Gasteiger partial charge in [0, 0.05) is 18.7 Å². The quantitative estimate of drug-likeness (QED) is 0.796. The number of halogens is 3. The monoisotopic (exact) mass is 283 g/mol. The first-order chi connectivity index (χ1) is 7.79. The maximum Gasteiger partial charge on any atom is 0.228 e. The van der Waals surface area contributed by atoms with Gasteiger partial charge in [-0.2, -0.15) is 4.31 Å². The van der Waals surface area contributed by atoms with Crippen molar-refractivity contribution in [2.75, 3.05) is 12.3 Å². The molecule has 7 heteroatoms. The van der Waals surface area contributed by atoms with Crippen LogP contribution in [0.15, 0.2) is 18.2 Å². The zero-order valence-electron chi connectivity index (χ0n) is 9.32. The summed E-state index contributed by atoms with van der Waals surface area (Å²) in [6, 6.07) is 2.08. The molecule has 0 aliphatic heterocycles. The van der Waals surface area contributed by atoms with Crippen molar-refractivity contribution in [3.05, 3.63) is 35.4 Å². The summed E-state index contributed by atoms with van der Waals surface area (Å²) >= 11 is 5.29. The molecule has 0 radical (unpaired) electrons. The van der Waals surface area contributed by atoms with Crippen molar-refractivity contribution in [3.8, 4) is 0 Å². The summed E-state index contributed by atoms with van der Waals surface area (Å²) in [5.41, 5.74) is -0.0267. The van der Waals surface area contributed by atoms with Crippen molar-refractivity contribution in [2.45, 2.75) is 13.0 Å². The Morgan fingerprint density at radius 3 is 2.53 bits per heavy atom. The lowest BCUT2D eigenvalue weighted by Gasteiger charge is -2.23. The van der Waals surface area contributed by atoms with Crippen LogP contribution >= 0.6 is 11.6 Å². The molecule has 17 heavy (non-hydrogen) atoms. The van der Waals surface area contributed by atoms with Crippen LogP contribution in [0.1, 0.15) is 18.5 Å². The highest BCUT2D eigenvalue weighted by atomic mass is 35.5. The van der Waals surface area contributed by atoms with Crippen molar-refractivity contribution in [3.63, 3.8) is 0 Å². The van der Waals surface area contributed by atoms with E-state index in [1.165, 1.54) is 14.0 Å². The van der Waals surface area contributed by atoms with E-state index < -0.39 is 32.9 Å². The third kappa shape index (κ3) is 3.14. The molecule has 0 aliphatic rings. The SMILES string of the molecule is CC(c1cc(F)ccc1F)N(C)S(=O)(=O)CCl. The number of benzene rings is 1. The fourth-order valence-corrected chi connectivity index (χ4v) is 2.56. The number of rotatable bonds is 4. The fourth-order valence-electron chi connectivity index (χ4n) is 1.35. The molecule has 0 heterocycles. The lowest BCUT2D eigenvalue weighted by atomic mass is 10.1. The van der Waals surface area contributed by atoms with Crippen molar-refractivity contribution < 1.29 is 17.2 Å². The second-order valence-electron chi connectivity index (χ2n) is 3.58. The number of hydrogen-bond donors (Lipinski definition) is 0. The minimum absolute atomic E-state index is 0.0267. The minimum atomic E-state index is -3.67. The molecule has 0 aliphatic carbocycles. The Labute approximate surface area is 104 Å². The van der Waals surface area contributed by atoms with Crippen LogP contribution in [0.2, 0.25) is 0 Å². The third-order valence-electron chi connectivity index (χ3n) is 2.53. The molecule has 0 aromatic heterocycles. The summed E-state index contributed by atoms with van der Waals surface area (Å²) in [5.74, 6) is -1.28. The predicted octanol–water partition coefficient (Wildman–Crippen LogP) is 2.48. The van der Waals surface area contributed by atoms with Crippen LogP contribution in [-0.4, -0.2) is 25.0 Å². The smallest absolute Gasteiger partial charge is 0.211 e. The predicted molar refractivity (Wildman–Crippen MR) is 62.2 cm³/mol. The van der Waals surface area contributed by atoms with E-state index in [1.807, 2.05) is 0 Å². The molecule has 1 rings (SSSR count). The van der Waals surface area contributed by atoms with Crippen molar-refractivity contribution in [1.29, 1.82) is 0 Å². The average Bonchev–Trinajstić information content (AvgIpc) is 2.30. The number of sulfonamides is 1. The van der Waals surface area contributed by atoms with Crippen LogP contribution in [0.3, 0.4) is 0 Å². The van der Waals surface area contributed by atoms with Gasteiger partial charge in [-0.05, 0) is 25.1 Å². The largest absolute Gasteiger partial charge is 0.228 e. The first-order valence-corrected chi connectivity index (χ1v) is 6.90. The van der Waals surface area contributed by atoms with Gasteiger partial charge >= 0.3 is 0 Å². The van der Waals surface area contributed by atoms with Gasteiger partial charge in [-0.3, -0.25) is 0 Å². The summed E-state index contributed by atoms with van der Waals surface area (Å²) in [6.07, 6.45) is 0. The van der Waals surface area contributed by atoms with Gasteiger partial charge in [-0.15, -0.1) is 11.6 Å². The Bertz CT molecular complexity index is 507. The Morgan fingerprint density at radius 2 is 2.00 bits per heavy atom. The van der Waals surface area contributed by atoms with Gasteiger partial charge in [0.15, 0.2) is 0 Å². The zero-order valence-corrected chi connectivity index (χ0v) is 10.9. The summed E-state index contributed by atoms with van der Waals surface area (Å²) < 4.78 is 50.3. The standard InChI is InChI=1S/C10H12ClF2NO2S/c1-7(14(2)17(15,16)6-11)9-5-8(12)3-4-10(9)13/h3-5,7H,6H2,1-2H3. The Morgan fingerprint density at radius 1 is 1.41 bits per heavy atom. The van der Waals surface area contributed by atoms with E-state index in [-0.39, 0.29) is 5.56 Å². The maximum atomic E-state index is 13.5. The minimum Gasteiger partial charge on any atom is -0.211 e. The van der Waals surface area contributed by atoms with E-state index in [4.69, 9.17) is 11.6 Å². The molecule has 3 nitrogen and oxygen atoms in total. The number of nitrogens with zero attached hydrogens (tertiary/aromatic N) is 1. The first kappa shape index (κ1) is 14.3. The van der Waals surface area contributed by atoms with Crippen molar-refractivity contribution in [1.82, 2.24) is 4.31 Å². The van der Waals surface area contributed by atoms with Crippen LogP contribution in [-0.2, 0) is 10.0 Å². The highest BCUT2D eigenvalue weighted by molar-refractivity contribution is 7.90. The normalized spacial score (nSPS) is 14.0. The van der Waals surface area contributed by atoms with Crippen LogP contribution < -0.4 is 0 Å². The van der Waals surface area contributed by atoms with Crippen LogP contribution in [0.5, 0.6) is 0 Å². The molecular formula is C10H12ClF2NO2S. The van der Waals surface area contributed by atoms with Gasteiger partial charge in [0.2, 0.25) is 10.0 Å². The summed E-state index contributed by atoms with van der Waals surface area (Å²) in [5, 5.41) is -0.606. The lowest BCUT2D eigenvalue weighted by Crippen LogP contribution is -2.31. The van der Waals surface area contributed by atoms with Crippen LogP contribution in [0.25, 0.3) is 0 Å². The fraction of sp³-hybridized carbons (Fsp3) is 0.400. The summed E-state index contributed by atoms with van der Waals surface area (Å²) in [7, 11) is -2.39. The van der Waals surface area contributed by atoms with Crippen molar-refractivity contribution in [2.24, 2.45) is 0 Å². The van der Waals surface area contributed by atoms with E-state index in [2.05, 4.69) is 0 Å². The molecule has 0 saturated carbocycles. The molecule has 1 aromatic carbocycles. The number of alkyl halides is 1. The topological polar surface area (TPSA) is 37.4 Å². The molecule has 96 valence electrons. The molecule has 0 bridgehead atoms. The van der Waals surface area contributed by atoms with Gasteiger partial charge in [0.05, 0.1) is 0 Å². The second kappa shape index (κ2) is 5.29. The molecule has 0 fully saturated rings. The molecule has 1 atom stereocenters. The van der Waals surface area contributed by atoms with Gasteiger partial charge in [0.25, 0.3) is 0 Å². The van der Waals surface area contributed by atoms with Crippen molar-refractivity contribution >= 4 is 21.6 Å². The Hall–Kier alpha value is -0.720. The average molecular weight is 284 g/mol. The van der Waals surface area contributed by atoms with Gasteiger partial charge in [-0.25, -0.2) is 17.2 Å². The van der Waals surface area contributed by atoms with Crippen LogP contribution in [0.4, 0.5) is 8.78 Å². The van der Waals surface area contributed by atoms with E-state index in [1.54, 1.807) is 0 Å². The third-order valence-corrected chi connectivity index (χ3v) is 4.83. The molecule has 0 amide bonds. The van der Waals surface area contributed by atoms with Gasteiger partial charge in [0.1, 0.15) is 16.8 Å². The number of hydrogen-bond acceptors (Lipinski definition) is 2. The molecule has 1 unspecified atom stereocenters. The Kier molecular flexibility index (Phi) is 4.46. The molecule has 0 N–H and O–H groups in total. The molecule has 0 spiro atoms. The molecular weight excluding hydrogens is 272 g/mol. The summed E-state index contributed by atoms with van der Waals surface area (Å²) in [6.45, 7) is 1.46. The maximum absolute atomic E-state index is 13.5. The van der Waals surface area contributed by atoms with Gasteiger partial charge < -0.3 is 0 Å². The van der Waals surface area contributed by atoms with Gasteiger partial charge in [-0.1, -0.05) is 0 Å². The lowest BCUT2D eigenvalue weighted by molar-refractivity contribution is 0.388. The zero-order chi connectivity index (χ0) is 13.2. The molecule has 0 saturated heterocycles. The second-order valence-corrected chi connectivity index (χ2v) is 6.19. The van der Waals surface area contributed by atoms with E-state index in [0.717, 1.165) is 22.5 Å². The first-order valence-electron chi connectivity index (χ1n) is 4.76. The van der Waals surface area contributed by atoms with Crippen LogP contribution in [0, 0.1) is 11.6 Å². The van der Waals surface area contributed by atoms with E-state index >= 15 is 0 Å². The Balaban J connectivity index is 3.12. The molecule has 1 aromatic rings.